The van der Waals surface area contributed by atoms with Crippen LogP contribution < -0.4 is 10.0 Å². The van der Waals surface area contributed by atoms with Crippen LogP contribution in [0.25, 0.3) is 0 Å². The lowest BCUT2D eigenvalue weighted by Gasteiger charge is -2.26. The molecule has 0 aromatic rings. The van der Waals surface area contributed by atoms with Crippen LogP contribution in [-0.4, -0.2) is 71.6 Å². The molecule has 0 spiro atoms. The van der Waals surface area contributed by atoms with E-state index in [1.165, 1.54) is 0 Å². The Bertz CT molecular complexity index is 340. The quantitative estimate of drug-likeness (QED) is 0.416. The second-order valence-corrected chi connectivity index (χ2v) is 6.42. The smallest absolute Gasteiger partial charge is 0.212 e. The summed E-state index contributed by atoms with van der Waals surface area (Å²) >= 11 is 0. The van der Waals surface area contributed by atoms with Gasteiger partial charge in [-0.1, -0.05) is 6.08 Å². The highest BCUT2D eigenvalue weighted by Crippen LogP contribution is 1.94. The molecular formula is C12H25N3O3S. The fourth-order valence-electron chi connectivity index (χ4n) is 1.79. The lowest BCUT2D eigenvalue weighted by molar-refractivity contribution is 0.144. The standard InChI is InChI=1S/C12H25N3O3S/c1-2-3-10-18-11-6-14-19(16,17)12-9-15-7-4-13-5-8-15/h2,13-14H,1,3-12H2. The van der Waals surface area contributed by atoms with Gasteiger partial charge in [0, 0.05) is 39.3 Å². The number of ether oxygens (including phenoxy) is 1. The molecule has 0 atom stereocenters. The third kappa shape index (κ3) is 8.33. The summed E-state index contributed by atoms with van der Waals surface area (Å²) in [5.41, 5.74) is 0. The minimum atomic E-state index is -3.19. The molecule has 19 heavy (non-hydrogen) atoms. The Balaban J connectivity index is 2.08. The molecule has 1 aliphatic heterocycles. The van der Waals surface area contributed by atoms with Crippen molar-refractivity contribution in [3.8, 4) is 0 Å². The maximum atomic E-state index is 11.7. The van der Waals surface area contributed by atoms with Gasteiger partial charge in [0.15, 0.2) is 0 Å². The zero-order valence-electron chi connectivity index (χ0n) is 11.4. The summed E-state index contributed by atoms with van der Waals surface area (Å²) in [7, 11) is -3.19. The van der Waals surface area contributed by atoms with Crippen LogP contribution in [0.15, 0.2) is 12.7 Å². The molecule has 0 bridgehead atoms. The van der Waals surface area contributed by atoms with Gasteiger partial charge in [0.05, 0.1) is 19.0 Å². The normalized spacial score (nSPS) is 17.5. The highest BCUT2D eigenvalue weighted by atomic mass is 32.2. The molecule has 0 unspecified atom stereocenters. The van der Waals surface area contributed by atoms with Crippen LogP contribution in [0, 0.1) is 0 Å². The lowest BCUT2D eigenvalue weighted by atomic mass is 10.4. The van der Waals surface area contributed by atoms with E-state index in [2.05, 4.69) is 21.5 Å². The Morgan fingerprint density at radius 2 is 2.05 bits per heavy atom. The Kier molecular flexibility index (Phi) is 8.24. The first-order valence-electron chi connectivity index (χ1n) is 6.73. The molecule has 7 heteroatoms. The zero-order valence-corrected chi connectivity index (χ0v) is 12.3. The molecule has 0 saturated carbocycles. The van der Waals surface area contributed by atoms with Gasteiger partial charge in [-0.05, 0) is 6.42 Å². The SMILES string of the molecule is C=CCCOCCNS(=O)(=O)CCN1CCNCC1. The number of nitrogens with one attached hydrogen (secondary N) is 2. The van der Waals surface area contributed by atoms with E-state index in [-0.39, 0.29) is 5.75 Å². The second-order valence-electron chi connectivity index (χ2n) is 4.49. The van der Waals surface area contributed by atoms with Crippen molar-refractivity contribution in [3.63, 3.8) is 0 Å². The van der Waals surface area contributed by atoms with Crippen molar-refractivity contribution >= 4 is 10.0 Å². The van der Waals surface area contributed by atoms with Gasteiger partial charge in [-0.3, -0.25) is 4.90 Å². The van der Waals surface area contributed by atoms with E-state index in [0.29, 0.717) is 26.3 Å². The predicted octanol–water partition coefficient (Wildman–Crippen LogP) is -0.596. The first-order valence-corrected chi connectivity index (χ1v) is 8.38. The highest BCUT2D eigenvalue weighted by molar-refractivity contribution is 7.89. The summed E-state index contributed by atoms with van der Waals surface area (Å²) in [6.07, 6.45) is 2.56. The maximum Gasteiger partial charge on any atom is 0.212 e. The molecule has 2 N–H and O–H groups in total. The van der Waals surface area contributed by atoms with E-state index in [0.717, 1.165) is 32.6 Å². The molecule has 1 rings (SSSR count). The molecule has 0 aromatic carbocycles. The molecular weight excluding hydrogens is 266 g/mol. The van der Waals surface area contributed by atoms with Crippen molar-refractivity contribution < 1.29 is 13.2 Å². The summed E-state index contributed by atoms with van der Waals surface area (Å²) in [6.45, 7) is 9.21. The molecule has 1 saturated heterocycles. The van der Waals surface area contributed by atoms with Crippen LogP contribution in [0.5, 0.6) is 0 Å². The maximum absolute atomic E-state index is 11.7. The number of hydrogen-bond donors (Lipinski definition) is 2. The summed E-state index contributed by atoms with van der Waals surface area (Å²) in [5, 5.41) is 3.24. The molecule has 0 amide bonds. The average molecular weight is 291 g/mol. The minimum absolute atomic E-state index is 0.152. The molecule has 1 heterocycles. The van der Waals surface area contributed by atoms with Crippen LogP contribution >= 0.6 is 0 Å². The van der Waals surface area contributed by atoms with Gasteiger partial charge in [0.1, 0.15) is 0 Å². The van der Waals surface area contributed by atoms with Crippen molar-refractivity contribution in [2.75, 3.05) is 58.2 Å². The van der Waals surface area contributed by atoms with Crippen molar-refractivity contribution in [2.24, 2.45) is 0 Å². The summed E-state index contributed by atoms with van der Waals surface area (Å²) in [6, 6.07) is 0. The molecule has 0 aromatic heterocycles. The van der Waals surface area contributed by atoms with Crippen LogP contribution in [-0.2, 0) is 14.8 Å². The number of rotatable bonds is 10. The molecule has 0 aliphatic carbocycles. The fraction of sp³-hybridized carbons (Fsp3) is 0.833. The van der Waals surface area contributed by atoms with Crippen molar-refractivity contribution in [3.05, 3.63) is 12.7 Å². The average Bonchev–Trinajstić information content (AvgIpc) is 2.42. The third-order valence-electron chi connectivity index (χ3n) is 2.92. The molecule has 0 radical (unpaired) electrons. The van der Waals surface area contributed by atoms with Gasteiger partial charge < -0.3 is 10.1 Å². The third-order valence-corrected chi connectivity index (χ3v) is 4.28. The summed E-state index contributed by atoms with van der Waals surface area (Å²) in [5.74, 6) is 0.152. The fourth-order valence-corrected chi connectivity index (χ4v) is 2.83. The van der Waals surface area contributed by atoms with Crippen molar-refractivity contribution in [1.82, 2.24) is 14.9 Å². The Hall–Kier alpha value is -0.470. The molecule has 1 fully saturated rings. The van der Waals surface area contributed by atoms with E-state index >= 15 is 0 Å². The van der Waals surface area contributed by atoms with Crippen LogP contribution in [0.1, 0.15) is 6.42 Å². The van der Waals surface area contributed by atoms with E-state index in [1.807, 2.05) is 0 Å². The van der Waals surface area contributed by atoms with Gasteiger partial charge in [-0.15, -0.1) is 6.58 Å². The van der Waals surface area contributed by atoms with E-state index in [1.54, 1.807) is 6.08 Å². The Labute approximate surface area is 116 Å². The van der Waals surface area contributed by atoms with E-state index < -0.39 is 10.0 Å². The zero-order chi connectivity index (χ0) is 14.0. The van der Waals surface area contributed by atoms with E-state index in [4.69, 9.17) is 4.74 Å². The lowest BCUT2D eigenvalue weighted by Crippen LogP contribution is -2.46. The van der Waals surface area contributed by atoms with Crippen LogP contribution in [0.2, 0.25) is 0 Å². The Morgan fingerprint density at radius 3 is 2.74 bits per heavy atom. The summed E-state index contributed by atoms with van der Waals surface area (Å²) in [4.78, 5) is 2.16. The number of sulfonamides is 1. The van der Waals surface area contributed by atoms with Gasteiger partial charge in [-0.2, -0.15) is 0 Å². The van der Waals surface area contributed by atoms with Gasteiger partial charge in [-0.25, -0.2) is 13.1 Å². The first-order chi connectivity index (χ1) is 9.14. The minimum Gasteiger partial charge on any atom is -0.380 e. The topological polar surface area (TPSA) is 70.7 Å². The van der Waals surface area contributed by atoms with Crippen molar-refractivity contribution in [1.29, 1.82) is 0 Å². The monoisotopic (exact) mass is 291 g/mol. The van der Waals surface area contributed by atoms with Gasteiger partial charge >= 0.3 is 0 Å². The largest absolute Gasteiger partial charge is 0.380 e. The highest BCUT2D eigenvalue weighted by Gasteiger charge is 2.14. The number of hydrogen-bond acceptors (Lipinski definition) is 5. The number of piperazine rings is 1. The predicted molar refractivity (Wildman–Crippen MR) is 76.7 cm³/mol. The van der Waals surface area contributed by atoms with Crippen molar-refractivity contribution in [2.45, 2.75) is 6.42 Å². The van der Waals surface area contributed by atoms with Gasteiger partial charge in [0.2, 0.25) is 10.0 Å². The van der Waals surface area contributed by atoms with Crippen LogP contribution in [0.3, 0.4) is 0 Å². The van der Waals surface area contributed by atoms with E-state index in [9.17, 15) is 8.42 Å². The second kappa shape index (κ2) is 9.44. The first kappa shape index (κ1) is 16.6. The van der Waals surface area contributed by atoms with Gasteiger partial charge in [0.25, 0.3) is 0 Å². The van der Waals surface area contributed by atoms with Crippen LogP contribution in [0.4, 0.5) is 0 Å². The summed E-state index contributed by atoms with van der Waals surface area (Å²) < 4.78 is 31.3. The Morgan fingerprint density at radius 1 is 1.32 bits per heavy atom. The number of nitrogens with zero attached hydrogens (tertiary/aromatic N) is 1. The molecule has 112 valence electrons. The molecule has 6 nitrogen and oxygen atoms in total. The molecule has 1 aliphatic rings.